The number of hydrogen-bond donors (Lipinski definition) is 2. The Hall–Kier alpha value is 0.388. The summed E-state index contributed by atoms with van der Waals surface area (Å²) in [6, 6.07) is 0. The molecule has 1 aliphatic heterocycles. The van der Waals surface area contributed by atoms with Crippen LogP contribution in [0.25, 0.3) is 0 Å². The Labute approximate surface area is 170 Å². The van der Waals surface area contributed by atoms with Gasteiger partial charge < -0.3 is 52.6 Å². The summed E-state index contributed by atoms with van der Waals surface area (Å²) in [7, 11) is -17.4. The molecule has 2 N–H and O–H groups in total. The molecule has 0 unspecified atom stereocenters. The van der Waals surface area contributed by atoms with Gasteiger partial charge in [0, 0.05) is 39.6 Å². The Balaban J connectivity index is 3.50. The molecule has 12 nitrogen and oxygen atoms in total. The van der Waals surface area contributed by atoms with Gasteiger partial charge in [-0.3, -0.25) is 0 Å². The smallest absolute Gasteiger partial charge is 0.368 e. The van der Waals surface area contributed by atoms with Crippen molar-refractivity contribution in [1.29, 1.82) is 0 Å². The normalized spacial score (nSPS) is 23.1. The van der Waals surface area contributed by atoms with Crippen molar-refractivity contribution in [2.45, 2.75) is 41.5 Å². The fourth-order valence-corrected chi connectivity index (χ4v) is 14.7. The van der Waals surface area contributed by atoms with E-state index in [1.807, 2.05) is 0 Å². The van der Waals surface area contributed by atoms with Gasteiger partial charge in [-0.2, -0.15) is 0 Å². The van der Waals surface area contributed by atoms with E-state index >= 15 is 0 Å². The molecule has 0 bridgehead atoms. The van der Waals surface area contributed by atoms with Crippen LogP contribution in [0.4, 0.5) is 0 Å². The fourth-order valence-electron chi connectivity index (χ4n) is 2.25. The second kappa shape index (κ2) is 11.7. The van der Waals surface area contributed by atoms with Crippen molar-refractivity contribution in [2.24, 2.45) is 0 Å². The van der Waals surface area contributed by atoms with Crippen LogP contribution in [-0.2, 0) is 43.0 Å². The molecule has 0 atom stereocenters. The molecule has 0 aromatic heterocycles. The summed E-state index contributed by atoms with van der Waals surface area (Å²) < 4.78 is 56.4. The zero-order chi connectivity index (χ0) is 21.3. The standard InChI is InChI=1S/C12H32O12Si4/c1-7-15-26(16-8-2)21-25(13,14)22-27(17-9-3,18-10-4)24-28(23-26,19-11-5)20-12-6/h13-14H,7-12H2,1-6H3. The predicted molar refractivity (Wildman–Crippen MR) is 102 cm³/mol. The highest BCUT2D eigenvalue weighted by molar-refractivity contribution is 6.82. The SMILES string of the molecule is CCO[Si]1(OCC)O[Si](O)(O)O[Si](OCC)(OCC)O[Si](OCC)(OCC)O1. The topological polar surface area (TPSA) is 133 Å². The third-order valence-corrected chi connectivity index (χ3v) is 14.9. The highest BCUT2D eigenvalue weighted by Gasteiger charge is 2.73. The number of rotatable bonds is 12. The molecule has 0 radical (unpaired) electrons. The molecule has 0 aromatic rings. The molecule has 168 valence electrons. The average Bonchev–Trinajstić information content (AvgIpc) is 2.54. The van der Waals surface area contributed by atoms with Gasteiger partial charge in [0.25, 0.3) is 0 Å². The van der Waals surface area contributed by atoms with E-state index in [0.717, 1.165) is 0 Å². The lowest BCUT2D eigenvalue weighted by atomic mass is 10.9. The zero-order valence-corrected chi connectivity index (χ0v) is 21.2. The summed E-state index contributed by atoms with van der Waals surface area (Å²) in [6.45, 7) is 10.8. The van der Waals surface area contributed by atoms with Gasteiger partial charge in [0.1, 0.15) is 0 Å². The molecule has 1 heterocycles. The van der Waals surface area contributed by atoms with Crippen LogP contribution >= 0.6 is 0 Å². The maximum atomic E-state index is 10.5. The molecule has 16 heteroatoms. The first-order chi connectivity index (χ1) is 13.2. The summed E-state index contributed by atoms with van der Waals surface area (Å²) >= 11 is 0. The molecular formula is C12H32O12Si4. The van der Waals surface area contributed by atoms with E-state index in [9.17, 15) is 9.59 Å². The molecular weight excluding hydrogens is 448 g/mol. The van der Waals surface area contributed by atoms with Crippen LogP contribution in [0.1, 0.15) is 41.5 Å². The van der Waals surface area contributed by atoms with E-state index in [4.69, 9.17) is 43.0 Å². The van der Waals surface area contributed by atoms with Crippen molar-refractivity contribution < 1.29 is 52.6 Å². The summed E-state index contributed by atoms with van der Waals surface area (Å²) in [5, 5.41) is 0. The van der Waals surface area contributed by atoms with Gasteiger partial charge in [-0.25, -0.2) is 0 Å². The van der Waals surface area contributed by atoms with E-state index in [1.165, 1.54) is 0 Å². The van der Waals surface area contributed by atoms with Gasteiger partial charge >= 0.3 is 36.2 Å². The molecule has 0 aliphatic carbocycles. The zero-order valence-electron chi connectivity index (χ0n) is 17.2. The van der Waals surface area contributed by atoms with E-state index < -0.39 is 36.2 Å². The lowest BCUT2D eigenvalue weighted by molar-refractivity contribution is -0.0952. The minimum absolute atomic E-state index is 0.0962. The minimum atomic E-state index is -4.92. The molecule has 0 amide bonds. The molecule has 28 heavy (non-hydrogen) atoms. The largest absolute Gasteiger partial charge is 0.668 e. The van der Waals surface area contributed by atoms with Crippen molar-refractivity contribution in [3.63, 3.8) is 0 Å². The quantitative estimate of drug-likeness (QED) is 0.365. The average molecular weight is 481 g/mol. The van der Waals surface area contributed by atoms with Gasteiger partial charge in [0.05, 0.1) is 0 Å². The van der Waals surface area contributed by atoms with Gasteiger partial charge in [-0.05, 0) is 41.5 Å². The van der Waals surface area contributed by atoms with Crippen LogP contribution in [0.15, 0.2) is 0 Å². The Morgan fingerprint density at radius 1 is 0.464 bits per heavy atom. The van der Waals surface area contributed by atoms with E-state index in [-0.39, 0.29) is 39.6 Å². The summed E-state index contributed by atoms with van der Waals surface area (Å²) in [5.74, 6) is 0. The predicted octanol–water partition coefficient (Wildman–Crippen LogP) is 0.0124. The minimum Gasteiger partial charge on any atom is -0.368 e. The van der Waals surface area contributed by atoms with Crippen LogP contribution in [-0.4, -0.2) is 85.4 Å². The Morgan fingerprint density at radius 3 is 0.893 bits per heavy atom. The molecule has 1 saturated heterocycles. The Morgan fingerprint density at radius 2 is 0.679 bits per heavy atom. The van der Waals surface area contributed by atoms with E-state index in [0.29, 0.717) is 0 Å². The van der Waals surface area contributed by atoms with Crippen molar-refractivity contribution >= 4 is 36.2 Å². The van der Waals surface area contributed by atoms with E-state index in [2.05, 4.69) is 0 Å². The monoisotopic (exact) mass is 480 g/mol. The van der Waals surface area contributed by atoms with Gasteiger partial charge in [-0.1, -0.05) is 0 Å². The molecule has 1 aliphatic rings. The van der Waals surface area contributed by atoms with Crippen molar-refractivity contribution in [2.75, 3.05) is 39.6 Å². The van der Waals surface area contributed by atoms with Crippen LogP contribution in [0.5, 0.6) is 0 Å². The van der Waals surface area contributed by atoms with Crippen LogP contribution < -0.4 is 0 Å². The third-order valence-electron chi connectivity index (χ3n) is 2.94. The maximum absolute atomic E-state index is 10.5. The maximum Gasteiger partial charge on any atom is 0.668 e. The first-order valence-electron chi connectivity index (χ1n) is 9.28. The first kappa shape index (κ1) is 26.4. The summed E-state index contributed by atoms with van der Waals surface area (Å²) in [6.07, 6.45) is 0. The molecule has 0 aromatic carbocycles. The van der Waals surface area contributed by atoms with Crippen LogP contribution in [0, 0.1) is 0 Å². The van der Waals surface area contributed by atoms with Crippen molar-refractivity contribution in [1.82, 2.24) is 0 Å². The summed E-state index contributed by atoms with van der Waals surface area (Å²) in [5.41, 5.74) is 0. The van der Waals surface area contributed by atoms with E-state index in [1.54, 1.807) is 41.5 Å². The van der Waals surface area contributed by atoms with Crippen LogP contribution in [0.3, 0.4) is 0 Å². The molecule has 1 rings (SSSR count). The molecule has 1 fully saturated rings. The first-order valence-corrected chi connectivity index (χ1v) is 15.9. The van der Waals surface area contributed by atoms with Crippen molar-refractivity contribution in [3.05, 3.63) is 0 Å². The lowest BCUT2D eigenvalue weighted by Gasteiger charge is -2.43. The van der Waals surface area contributed by atoms with Gasteiger partial charge in [-0.15, -0.1) is 0 Å². The van der Waals surface area contributed by atoms with Crippen LogP contribution in [0.2, 0.25) is 0 Å². The number of hydrogen-bond acceptors (Lipinski definition) is 12. The molecule has 0 spiro atoms. The second-order valence-corrected chi connectivity index (χ2v) is 14.1. The molecule has 0 saturated carbocycles. The van der Waals surface area contributed by atoms with Crippen molar-refractivity contribution in [3.8, 4) is 0 Å². The highest BCUT2D eigenvalue weighted by Crippen LogP contribution is 2.32. The fraction of sp³-hybridized carbons (Fsp3) is 1.00. The Bertz CT molecular complexity index is 406. The van der Waals surface area contributed by atoms with Gasteiger partial charge in [0.15, 0.2) is 0 Å². The highest BCUT2D eigenvalue weighted by atomic mass is 28.6. The third kappa shape index (κ3) is 7.26. The summed E-state index contributed by atoms with van der Waals surface area (Å²) in [4.78, 5) is 20.9. The van der Waals surface area contributed by atoms with Gasteiger partial charge in [0.2, 0.25) is 0 Å². The second-order valence-electron chi connectivity index (χ2n) is 5.05. The Kier molecular flexibility index (Phi) is 11.0. The lowest BCUT2D eigenvalue weighted by Crippen LogP contribution is -2.75.